The van der Waals surface area contributed by atoms with Crippen molar-refractivity contribution in [3.8, 4) is 0 Å². The summed E-state index contributed by atoms with van der Waals surface area (Å²) in [6.45, 7) is 5.32. The molecule has 1 atom stereocenters. The fourth-order valence-corrected chi connectivity index (χ4v) is 3.40. The first-order valence-electron chi connectivity index (χ1n) is 8.07. The van der Waals surface area contributed by atoms with E-state index in [4.69, 9.17) is 5.73 Å². The summed E-state index contributed by atoms with van der Waals surface area (Å²) in [4.78, 5) is 12.1. The van der Waals surface area contributed by atoms with Crippen LogP contribution in [-0.4, -0.2) is 18.5 Å². The molecular weight excluding hydrogens is 236 g/mol. The number of carbonyl (C=O) groups is 1. The molecule has 2 fully saturated rings. The van der Waals surface area contributed by atoms with Crippen LogP contribution in [0, 0.1) is 17.3 Å². The molecule has 1 unspecified atom stereocenters. The number of nitrogens with two attached hydrogens (primary N) is 1. The van der Waals surface area contributed by atoms with Gasteiger partial charge in [-0.1, -0.05) is 46.0 Å². The lowest BCUT2D eigenvalue weighted by molar-refractivity contribution is -0.123. The highest BCUT2D eigenvalue weighted by atomic mass is 16.2. The van der Waals surface area contributed by atoms with Gasteiger partial charge in [0, 0.05) is 6.54 Å². The normalized spacial score (nSPS) is 24.2. The first kappa shape index (κ1) is 14.8. The van der Waals surface area contributed by atoms with Crippen molar-refractivity contribution in [3.63, 3.8) is 0 Å². The largest absolute Gasteiger partial charge is 0.354 e. The Balaban J connectivity index is 1.70. The van der Waals surface area contributed by atoms with Crippen LogP contribution in [0.5, 0.6) is 0 Å². The van der Waals surface area contributed by atoms with Crippen molar-refractivity contribution in [2.45, 2.75) is 71.3 Å². The minimum atomic E-state index is -0.300. The van der Waals surface area contributed by atoms with Gasteiger partial charge in [0.2, 0.25) is 5.91 Å². The number of hydrogen-bond donors (Lipinski definition) is 2. The SMILES string of the molecule is CC(C)C1(CNC(=O)C(N)CC2CCCCC2)CC1. The predicted octanol–water partition coefficient (Wildman–Crippen LogP) is 2.84. The molecule has 0 heterocycles. The molecule has 19 heavy (non-hydrogen) atoms. The predicted molar refractivity (Wildman–Crippen MR) is 78.7 cm³/mol. The molecule has 2 aliphatic carbocycles. The molecule has 0 spiro atoms. The number of rotatable bonds is 6. The Labute approximate surface area is 117 Å². The second-order valence-corrected chi connectivity index (χ2v) is 7.08. The molecule has 2 rings (SSSR count). The maximum absolute atomic E-state index is 12.1. The van der Waals surface area contributed by atoms with Crippen molar-refractivity contribution in [2.24, 2.45) is 23.0 Å². The molecule has 1 amide bonds. The summed E-state index contributed by atoms with van der Waals surface area (Å²) in [5, 5.41) is 3.09. The highest BCUT2D eigenvalue weighted by molar-refractivity contribution is 5.81. The lowest BCUT2D eigenvalue weighted by Crippen LogP contribution is -2.44. The van der Waals surface area contributed by atoms with Crippen molar-refractivity contribution in [1.82, 2.24) is 5.32 Å². The van der Waals surface area contributed by atoms with E-state index in [0.717, 1.165) is 13.0 Å². The Morgan fingerprint density at radius 2 is 1.89 bits per heavy atom. The van der Waals surface area contributed by atoms with Crippen LogP contribution < -0.4 is 11.1 Å². The van der Waals surface area contributed by atoms with Crippen molar-refractivity contribution >= 4 is 5.91 Å². The van der Waals surface area contributed by atoms with Crippen LogP contribution in [0.4, 0.5) is 0 Å². The van der Waals surface area contributed by atoms with Gasteiger partial charge in [0.1, 0.15) is 0 Å². The summed E-state index contributed by atoms with van der Waals surface area (Å²) >= 11 is 0. The van der Waals surface area contributed by atoms with Gasteiger partial charge < -0.3 is 11.1 Å². The van der Waals surface area contributed by atoms with E-state index < -0.39 is 0 Å². The Bertz CT molecular complexity index is 304. The zero-order valence-corrected chi connectivity index (χ0v) is 12.6. The summed E-state index contributed by atoms with van der Waals surface area (Å²) in [7, 11) is 0. The quantitative estimate of drug-likeness (QED) is 0.776. The Kier molecular flexibility index (Phi) is 4.88. The van der Waals surface area contributed by atoms with Gasteiger partial charge in [-0.15, -0.1) is 0 Å². The van der Waals surface area contributed by atoms with E-state index in [0.29, 0.717) is 17.3 Å². The van der Waals surface area contributed by atoms with Crippen molar-refractivity contribution in [3.05, 3.63) is 0 Å². The minimum Gasteiger partial charge on any atom is -0.354 e. The monoisotopic (exact) mass is 266 g/mol. The summed E-state index contributed by atoms with van der Waals surface area (Å²) in [5.74, 6) is 1.40. The van der Waals surface area contributed by atoms with Gasteiger partial charge in [0.15, 0.2) is 0 Å². The average Bonchev–Trinajstić information content (AvgIpc) is 3.18. The fraction of sp³-hybridized carbons (Fsp3) is 0.938. The van der Waals surface area contributed by atoms with Gasteiger partial charge in [-0.05, 0) is 36.5 Å². The van der Waals surface area contributed by atoms with E-state index in [2.05, 4.69) is 19.2 Å². The van der Waals surface area contributed by atoms with Gasteiger partial charge in [0.25, 0.3) is 0 Å². The fourth-order valence-electron chi connectivity index (χ4n) is 3.40. The summed E-state index contributed by atoms with van der Waals surface area (Å²) < 4.78 is 0. The highest BCUT2D eigenvalue weighted by Gasteiger charge is 2.45. The zero-order valence-electron chi connectivity index (χ0n) is 12.6. The van der Waals surface area contributed by atoms with Crippen LogP contribution >= 0.6 is 0 Å². The van der Waals surface area contributed by atoms with Gasteiger partial charge in [-0.25, -0.2) is 0 Å². The minimum absolute atomic E-state index is 0.0671. The van der Waals surface area contributed by atoms with E-state index in [-0.39, 0.29) is 11.9 Å². The van der Waals surface area contributed by atoms with E-state index >= 15 is 0 Å². The van der Waals surface area contributed by atoms with Gasteiger partial charge in [0.05, 0.1) is 6.04 Å². The molecule has 2 saturated carbocycles. The zero-order chi connectivity index (χ0) is 13.9. The van der Waals surface area contributed by atoms with E-state index in [9.17, 15) is 4.79 Å². The lowest BCUT2D eigenvalue weighted by atomic mass is 9.85. The van der Waals surface area contributed by atoms with Gasteiger partial charge >= 0.3 is 0 Å². The van der Waals surface area contributed by atoms with Gasteiger partial charge in [-0.3, -0.25) is 4.79 Å². The number of nitrogens with one attached hydrogen (secondary N) is 1. The third kappa shape index (κ3) is 3.95. The van der Waals surface area contributed by atoms with Crippen molar-refractivity contribution in [1.29, 1.82) is 0 Å². The summed E-state index contributed by atoms with van der Waals surface area (Å²) in [6.07, 6.45) is 9.89. The maximum atomic E-state index is 12.1. The molecule has 0 aromatic heterocycles. The van der Waals surface area contributed by atoms with Crippen LogP contribution in [0.3, 0.4) is 0 Å². The first-order valence-corrected chi connectivity index (χ1v) is 8.07. The molecule has 3 heteroatoms. The second kappa shape index (κ2) is 6.25. The average molecular weight is 266 g/mol. The third-order valence-electron chi connectivity index (χ3n) is 5.38. The van der Waals surface area contributed by atoms with Crippen LogP contribution in [0.1, 0.15) is 65.2 Å². The van der Waals surface area contributed by atoms with Crippen LogP contribution in [0.15, 0.2) is 0 Å². The molecule has 110 valence electrons. The Morgan fingerprint density at radius 1 is 1.26 bits per heavy atom. The molecule has 0 aromatic rings. The van der Waals surface area contributed by atoms with E-state index in [1.54, 1.807) is 0 Å². The molecular formula is C16H30N2O. The molecule has 0 aromatic carbocycles. The van der Waals surface area contributed by atoms with E-state index in [1.807, 2.05) is 0 Å². The smallest absolute Gasteiger partial charge is 0.236 e. The van der Waals surface area contributed by atoms with Crippen molar-refractivity contribution in [2.75, 3.05) is 6.54 Å². The summed E-state index contributed by atoms with van der Waals surface area (Å²) in [5.41, 5.74) is 6.44. The molecule has 3 N–H and O–H groups in total. The third-order valence-corrected chi connectivity index (χ3v) is 5.38. The lowest BCUT2D eigenvalue weighted by Gasteiger charge is -2.25. The maximum Gasteiger partial charge on any atom is 0.236 e. The molecule has 2 aliphatic rings. The van der Waals surface area contributed by atoms with Crippen LogP contribution in [0.2, 0.25) is 0 Å². The molecule has 0 radical (unpaired) electrons. The van der Waals surface area contributed by atoms with Crippen LogP contribution in [0.25, 0.3) is 0 Å². The summed E-state index contributed by atoms with van der Waals surface area (Å²) in [6, 6.07) is -0.300. The molecule has 3 nitrogen and oxygen atoms in total. The first-order chi connectivity index (χ1) is 9.03. The van der Waals surface area contributed by atoms with Gasteiger partial charge in [-0.2, -0.15) is 0 Å². The highest BCUT2D eigenvalue weighted by Crippen LogP contribution is 2.51. The topological polar surface area (TPSA) is 55.1 Å². The standard InChI is InChI=1S/C16H30N2O/c1-12(2)16(8-9-16)11-18-15(19)14(17)10-13-6-4-3-5-7-13/h12-14H,3-11,17H2,1-2H3,(H,18,19). The number of carbonyl (C=O) groups excluding carboxylic acids is 1. The molecule has 0 bridgehead atoms. The number of hydrogen-bond acceptors (Lipinski definition) is 2. The van der Waals surface area contributed by atoms with Crippen LogP contribution in [-0.2, 0) is 4.79 Å². The molecule has 0 aliphatic heterocycles. The Morgan fingerprint density at radius 3 is 2.42 bits per heavy atom. The Hall–Kier alpha value is -0.570. The van der Waals surface area contributed by atoms with Crippen molar-refractivity contribution < 1.29 is 4.79 Å². The molecule has 0 saturated heterocycles. The number of amides is 1. The second-order valence-electron chi connectivity index (χ2n) is 7.08. The van der Waals surface area contributed by atoms with E-state index in [1.165, 1.54) is 44.9 Å².